The summed E-state index contributed by atoms with van der Waals surface area (Å²) in [7, 11) is 10.2. The summed E-state index contributed by atoms with van der Waals surface area (Å²) < 4.78 is 40.7. The summed E-state index contributed by atoms with van der Waals surface area (Å²) in [4.78, 5) is 118. The van der Waals surface area contributed by atoms with Gasteiger partial charge in [-0.05, 0) is 70.2 Å². The van der Waals surface area contributed by atoms with E-state index in [0.717, 1.165) is 0 Å². The molecule has 0 amide bonds. The number of hydrogen-bond acceptors (Lipinski definition) is 16. The third kappa shape index (κ3) is 12.6. The number of carbonyl (C=O) groups is 8. The van der Waals surface area contributed by atoms with Crippen LogP contribution in [0, 0.1) is 0 Å². The minimum absolute atomic E-state index is 0.0504. The third-order valence-corrected chi connectivity index (χ3v) is 12.4. The Bertz CT molecular complexity index is 2360. The van der Waals surface area contributed by atoms with Gasteiger partial charge in [-0.2, -0.15) is 0 Å². The molecule has 0 atom stereocenters. The molecule has 4 N–H and O–H groups in total. The number of rotatable bonds is 20. The molecular weight excluding hydrogens is 889 g/mol. The first-order valence-electron chi connectivity index (χ1n) is 22.0. The standard InChI is InChI=1S/C48H60N4O16/c1-61-41(53)13-9-25-29(17-45(57)65-5)37-22-35-27(11-15-43(55)63-3)31(19-47(59)67-7)39(51-35)24-40-32(20-48(60)68-8)28(12-16-44(56)64-4)36(52-40)23-38-30(18-46(58)66-6)26(10-14-42(54)62-2)34(50-38)21-33(25)49-37/h49-52H,9-24H2,1-8H3. The lowest BCUT2D eigenvalue weighted by Gasteiger charge is -2.11. The van der Waals surface area contributed by atoms with Crippen molar-refractivity contribution in [3.05, 3.63) is 90.1 Å². The van der Waals surface area contributed by atoms with Crippen LogP contribution in [0.4, 0.5) is 0 Å². The van der Waals surface area contributed by atoms with Crippen molar-refractivity contribution in [1.29, 1.82) is 0 Å². The highest BCUT2D eigenvalue weighted by molar-refractivity contribution is 5.78. The molecule has 4 aromatic heterocycles. The normalized spacial score (nSPS) is 11.9. The minimum Gasteiger partial charge on any atom is -0.469 e. The molecule has 0 aromatic carbocycles. The molecule has 0 unspecified atom stereocenters. The van der Waals surface area contributed by atoms with E-state index < -0.39 is 47.8 Å². The van der Waals surface area contributed by atoms with E-state index in [1.54, 1.807) is 0 Å². The second-order valence-electron chi connectivity index (χ2n) is 16.2. The van der Waals surface area contributed by atoms with Crippen molar-refractivity contribution in [2.45, 2.75) is 103 Å². The van der Waals surface area contributed by atoms with Crippen LogP contribution in [-0.4, -0.2) is 125 Å². The summed E-state index contributed by atoms with van der Waals surface area (Å²) in [6.07, 6.45) is -0.114. The van der Waals surface area contributed by atoms with Crippen LogP contribution >= 0.6 is 0 Å². The Labute approximate surface area is 392 Å². The van der Waals surface area contributed by atoms with Gasteiger partial charge in [-0.1, -0.05) is 0 Å². The Morgan fingerprint density at radius 1 is 0.279 bits per heavy atom. The quantitative estimate of drug-likeness (QED) is 0.0645. The number of carbonyl (C=O) groups excluding carboxylic acids is 8. The Morgan fingerprint density at radius 3 is 0.603 bits per heavy atom. The molecule has 4 aromatic rings. The number of methoxy groups -OCH3 is 8. The predicted molar refractivity (Wildman–Crippen MR) is 239 cm³/mol. The van der Waals surface area contributed by atoms with Gasteiger partial charge < -0.3 is 57.8 Å². The van der Waals surface area contributed by atoms with Crippen molar-refractivity contribution < 1.29 is 76.3 Å². The summed E-state index contributed by atoms with van der Waals surface area (Å²) in [5.74, 6) is -4.22. The van der Waals surface area contributed by atoms with Crippen LogP contribution in [0.5, 0.6) is 0 Å². The van der Waals surface area contributed by atoms with E-state index in [1.807, 2.05) is 0 Å². The molecule has 68 heavy (non-hydrogen) atoms. The minimum atomic E-state index is -0.565. The summed E-state index contributed by atoms with van der Waals surface area (Å²) >= 11 is 0. The van der Waals surface area contributed by atoms with E-state index in [9.17, 15) is 38.4 Å². The molecular formula is C48H60N4O16. The average Bonchev–Trinajstić information content (AvgIpc) is 4.04. The van der Waals surface area contributed by atoms with Gasteiger partial charge in [0.2, 0.25) is 0 Å². The van der Waals surface area contributed by atoms with Crippen molar-refractivity contribution in [2.24, 2.45) is 0 Å². The van der Waals surface area contributed by atoms with Crippen LogP contribution < -0.4 is 0 Å². The van der Waals surface area contributed by atoms with E-state index in [4.69, 9.17) is 37.9 Å². The average molecular weight is 949 g/mol. The maximum Gasteiger partial charge on any atom is 0.310 e. The van der Waals surface area contributed by atoms with E-state index in [1.165, 1.54) is 56.9 Å². The second kappa shape index (κ2) is 24.1. The first-order valence-corrected chi connectivity index (χ1v) is 22.0. The zero-order valence-corrected chi connectivity index (χ0v) is 39.8. The largest absolute Gasteiger partial charge is 0.469 e. The van der Waals surface area contributed by atoms with Crippen LogP contribution in [0.25, 0.3) is 0 Å². The molecule has 368 valence electrons. The number of nitrogens with one attached hydrogen (secondary N) is 4. The molecule has 5 heterocycles. The van der Waals surface area contributed by atoms with Gasteiger partial charge in [-0.25, -0.2) is 0 Å². The van der Waals surface area contributed by atoms with E-state index in [2.05, 4.69) is 19.9 Å². The molecule has 20 heteroatoms. The number of hydrogen-bond donors (Lipinski definition) is 4. The molecule has 0 saturated carbocycles. The van der Waals surface area contributed by atoms with Crippen LogP contribution in [0.1, 0.15) is 116 Å². The monoisotopic (exact) mass is 948 g/mol. The highest BCUT2D eigenvalue weighted by atomic mass is 16.5. The fourth-order valence-electron chi connectivity index (χ4n) is 8.95. The smallest absolute Gasteiger partial charge is 0.310 e. The van der Waals surface area contributed by atoms with Crippen LogP contribution in [0.2, 0.25) is 0 Å². The molecule has 5 rings (SSSR count). The first-order chi connectivity index (χ1) is 32.6. The van der Waals surface area contributed by atoms with Crippen molar-refractivity contribution in [1.82, 2.24) is 19.9 Å². The lowest BCUT2D eigenvalue weighted by atomic mass is 9.93. The Kier molecular flexibility index (Phi) is 18.4. The highest BCUT2D eigenvalue weighted by Gasteiger charge is 2.31. The van der Waals surface area contributed by atoms with Crippen molar-refractivity contribution in [3.8, 4) is 0 Å². The molecule has 1 aliphatic heterocycles. The Hall–Kier alpha value is -7.12. The van der Waals surface area contributed by atoms with Gasteiger partial charge in [0.15, 0.2) is 0 Å². The second-order valence-corrected chi connectivity index (χ2v) is 16.2. The zero-order valence-electron chi connectivity index (χ0n) is 39.8. The summed E-state index contributed by atoms with van der Waals surface area (Å²) in [6, 6.07) is 0. The van der Waals surface area contributed by atoms with Crippen molar-refractivity contribution in [2.75, 3.05) is 56.9 Å². The number of aromatic amines is 4. The first kappa shape index (κ1) is 51.9. The number of aromatic nitrogens is 4. The van der Waals surface area contributed by atoms with Gasteiger partial charge in [-0.15, -0.1) is 0 Å². The van der Waals surface area contributed by atoms with Gasteiger partial charge in [0.05, 0.1) is 82.6 Å². The van der Waals surface area contributed by atoms with Crippen LogP contribution in [0.3, 0.4) is 0 Å². The van der Waals surface area contributed by atoms with E-state index >= 15 is 0 Å². The maximum absolute atomic E-state index is 13.3. The Morgan fingerprint density at radius 2 is 0.441 bits per heavy atom. The summed E-state index contributed by atoms with van der Waals surface area (Å²) in [6.45, 7) is 0. The van der Waals surface area contributed by atoms with Crippen LogP contribution in [-0.2, 0) is 153 Å². The molecule has 0 saturated heterocycles. The van der Waals surface area contributed by atoms with Gasteiger partial charge >= 0.3 is 47.8 Å². The maximum atomic E-state index is 13.3. The SMILES string of the molecule is COC(=O)CCc1c2[nH]c(c1CC(=O)OC)Cc1[nH]c(c(CC(=O)OC)c1CCC(=O)OC)Cc1[nH]c(c(CCC(=O)OC)c1CC(=O)OC)Cc1[nH]c(c(CCC(=O)OC)c1CC(=O)OC)C2. The molecule has 0 spiro atoms. The molecule has 0 fully saturated rings. The number of esters is 8. The van der Waals surface area contributed by atoms with Gasteiger partial charge in [0.1, 0.15) is 0 Å². The highest BCUT2D eigenvalue weighted by Crippen LogP contribution is 2.35. The summed E-state index contributed by atoms with van der Waals surface area (Å²) in [5, 5.41) is 0. The third-order valence-electron chi connectivity index (χ3n) is 12.4. The van der Waals surface area contributed by atoms with Gasteiger partial charge in [-0.3, -0.25) is 38.4 Å². The van der Waals surface area contributed by atoms with Crippen LogP contribution in [0.15, 0.2) is 0 Å². The molecule has 1 aliphatic rings. The molecule has 0 radical (unpaired) electrons. The topological polar surface area (TPSA) is 274 Å². The van der Waals surface area contributed by atoms with E-state index in [-0.39, 0.29) is 103 Å². The molecule has 20 nitrogen and oxygen atoms in total. The zero-order chi connectivity index (χ0) is 49.7. The number of fused-ring (bicyclic) bond motifs is 8. The van der Waals surface area contributed by atoms with E-state index in [0.29, 0.717) is 90.1 Å². The predicted octanol–water partition coefficient (Wildman–Crippen LogP) is 2.96. The van der Waals surface area contributed by atoms with Gasteiger partial charge in [0, 0.05) is 96.9 Å². The fraction of sp³-hybridized carbons (Fsp3) is 0.500. The van der Waals surface area contributed by atoms with Crippen molar-refractivity contribution >= 4 is 47.8 Å². The van der Waals surface area contributed by atoms with Gasteiger partial charge in [0.25, 0.3) is 0 Å². The van der Waals surface area contributed by atoms with Crippen molar-refractivity contribution in [3.63, 3.8) is 0 Å². The number of ether oxygens (including phenoxy) is 8. The fourth-order valence-corrected chi connectivity index (χ4v) is 8.95. The lowest BCUT2D eigenvalue weighted by Crippen LogP contribution is -2.12. The molecule has 8 bridgehead atoms. The lowest BCUT2D eigenvalue weighted by molar-refractivity contribution is -0.141. The summed E-state index contributed by atoms with van der Waals surface area (Å²) in [5.41, 5.74) is 9.25. The number of H-pyrrole nitrogens is 4. The Balaban J connectivity index is 1.93. The molecule has 0 aliphatic carbocycles.